The molecule has 4 nitrogen and oxygen atoms in total. The van der Waals surface area contributed by atoms with Crippen molar-refractivity contribution in [1.82, 2.24) is 0 Å². The second kappa shape index (κ2) is 4.65. The van der Waals surface area contributed by atoms with Crippen LogP contribution in [-0.2, 0) is 0 Å². The molecule has 0 unspecified atom stereocenters. The van der Waals surface area contributed by atoms with Gasteiger partial charge < -0.3 is 9.94 Å². The lowest BCUT2D eigenvalue weighted by Crippen LogP contribution is -2.16. The number of hydrogen-bond donors (Lipinski definition) is 0. The smallest absolute Gasteiger partial charge is 0.273 e. The molecule has 1 aliphatic rings. The first-order valence-electron chi connectivity index (χ1n) is 5.95. The molecule has 2 aromatic carbocycles. The fourth-order valence-electron chi connectivity index (χ4n) is 2.26. The van der Waals surface area contributed by atoms with Gasteiger partial charge in [0, 0.05) is 6.07 Å². The minimum Gasteiger partial charge on any atom is -0.618 e. The van der Waals surface area contributed by atoms with Gasteiger partial charge >= 0.3 is 0 Å². The first-order chi connectivity index (χ1) is 9.63. The van der Waals surface area contributed by atoms with E-state index in [1.165, 1.54) is 7.11 Å². The van der Waals surface area contributed by atoms with Gasteiger partial charge in [-0.15, -0.1) is 0 Å². The molecule has 0 amide bonds. The maximum atomic E-state index is 12.4. The lowest BCUT2D eigenvalue weighted by Gasteiger charge is -2.03. The lowest BCUT2D eigenvalue weighted by atomic mass is 10.0. The van der Waals surface area contributed by atoms with Crippen LogP contribution >= 0.6 is 11.6 Å². The lowest BCUT2D eigenvalue weighted by molar-refractivity contribution is -0.355. The van der Waals surface area contributed by atoms with Gasteiger partial charge in [0.1, 0.15) is 11.3 Å². The summed E-state index contributed by atoms with van der Waals surface area (Å²) >= 11 is 6.02. The molecule has 3 rings (SSSR count). The van der Waals surface area contributed by atoms with Crippen LogP contribution in [0, 0.1) is 5.21 Å². The van der Waals surface area contributed by atoms with Gasteiger partial charge in [-0.1, -0.05) is 23.7 Å². The minimum atomic E-state index is -0.367. The Hall–Kier alpha value is -2.33. The predicted octanol–water partition coefficient (Wildman–Crippen LogP) is 3.18. The van der Waals surface area contributed by atoms with Crippen LogP contribution in [0.4, 0.5) is 5.69 Å². The van der Waals surface area contributed by atoms with Crippen LogP contribution in [0.3, 0.4) is 0 Å². The van der Waals surface area contributed by atoms with Crippen molar-refractivity contribution in [1.29, 1.82) is 0 Å². The monoisotopic (exact) mass is 287 g/mol. The Kier molecular flexibility index (Phi) is 2.95. The Morgan fingerprint density at radius 2 is 1.95 bits per heavy atom. The molecule has 0 aliphatic carbocycles. The molecule has 1 heterocycles. The Bertz CT molecular complexity index is 753. The molecule has 0 N–H and O–H groups in total. The van der Waals surface area contributed by atoms with Crippen molar-refractivity contribution in [2.24, 2.45) is 0 Å². The fraction of sp³-hybridized carbons (Fsp3) is 0.0667. The van der Waals surface area contributed by atoms with Crippen molar-refractivity contribution < 1.29 is 14.3 Å². The number of ketones is 1. The summed E-state index contributed by atoms with van der Waals surface area (Å²) in [7, 11) is 1.53. The summed E-state index contributed by atoms with van der Waals surface area (Å²) in [6, 6.07) is 11.7. The number of carbonyl (C=O) groups is 1. The number of methoxy groups -OCH3 is 1. The average molecular weight is 288 g/mol. The van der Waals surface area contributed by atoms with E-state index in [0.717, 1.165) is 0 Å². The van der Waals surface area contributed by atoms with Crippen molar-refractivity contribution in [2.45, 2.75) is 0 Å². The summed E-state index contributed by atoms with van der Waals surface area (Å²) in [5.74, 6) is 0.215. The number of ether oxygens (including phenoxy) is 1. The van der Waals surface area contributed by atoms with Crippen molar-refractivity contribution in [3.8, 4) is 5.75 Å². The van der Waals surface area contributed by atoms with Gasteiger partial charge in [-0.25, -0.2) is 0 Å². The van der Waals surface area contributed by atoms with Crippen molar-refractivity contribution in [3.63, 3.8) is 0 Å². The first-order valence-corrected chi connectivity index (χ1v) is 6.33. The second-order valence-corrected chi connectivity index (χ2v) is 4.75. The van der Waals surface area contributed by atoms with Crippen molar-refractivity contribution in [3.05, 3.63) is 63.8 Å². The molecule has 0 spiro atoms. The number of Topliss-reactive ketones (excluding diaryl/α,β-unsaturated/α-hetero) is 1. The molecule has 100 valence electrons. The summed E-state index contributed by atoms with van der Waals surface area (Å²) in [6.45, 7) is 0. The van der Waals surface area contributed by atoms with E-state index in [2.05, 4.69) is 0 Å². The summed E-state index contributed by atoms with van der Waals surface area (Å²) < 4.78 is 5.74. The van der Waals surface area contributed by atoms with E-state index in [1.54, 1.807) is 42.5 Å². The Balaban J connectivity index is 2.19. The maximum Gasteiger partial charge on any atom is 0.273 e. The predicted molar refractivity (Wildman–Crippen MR) is 76.2 cm³/mol. The highest BCUT2D eigenvalue weighted by molar-refractivity contribution is 6.54. The SMILES string of the molecule is COc1cccc(C2=[N+]([O-])c3cccc(Cl)c3C2=O)c1. The molecule has 0 aromatic heterocycles. The average Bonchev–Trinajstić information content (AvgIpc) is 2.72. The van der Waals surface area contributed by atoms with Gasteiger partial charge in [-0.05, 0) is 24.3 Å². The zero-order valence-corrected chi connectivity index (χ0v) is 11.3. The summed E-state index contributed by atoms with van der Waals surface area (Å²) in [6.07, 6.45) is 0. The molecular formula is C15H10ClNO3. The van der Waals surface area contributed by atoms with Crippen LogP contribution in [0.25, 0.3) is 0 Å². The highest BCUT2D eigenvalue weighted by Crippen LogP contribution is 2.33. The molecule has 0 bridgehead atoms. The molecule has 0 saturated heterocycles. The first kappa shape index (κ1) is 12.7. The van der Waals surface area contributed by atoms with E-state index in [0.29, 0.717) is 16.1 Å². The standard InChI is InChI=1S/C15H10ClNO3/c1-20-10-5-2-4-9(8-10)14-15(18)13-11(16)6-3-7-12(13)17(14)19/h2-8H,1H3. The van der Waals surface area contributed by atoms with Gasteiger partial charge in [0.2, 0.25) is 5.69 Å². The Morgan fingerprint density at radius 1 is 1.20 bits per heavy atom. The number of halogens is 1. The number of rotatable bonds is 2. The van der Waals surface area contributed by atoms with Crippen LogP contribution in [0.1, 0.15) is 15.9 Å². The number of nitrogens with zero attached hydrogens (tertiary/aromatic N) is 1. The van der Waals surface area contributed by atoms with Crippen LogP contribution < -0.4 is 4.74 Å². The van der Waals surface area contributed by atoms with Crippen molar-refractivity contribution >= 4 is 28.8 Å². The maximum absolute atomic E-state index is 12.4. The molecule has 5 heteroatoms. The van der Waals surface area contributed by atoms with Crippen LogP contribution in [0.2, 0.25) is 5.02 Å². The quantitative estimate of drug-likeness (QED) is 0.630. The van der Waals surface area contributed by atoms with Crippen molar-refractivity contribution in [2.75, 3.05) is 7.11 Å². The molecular weight excluding hydrogens is 278 g/mol. The summed E-state index contributed by atoms with van der Waals surface area (Å²) in [4.78, 5) is 12.4. The third kappa shape index (κ3) is 1.77. The number of fused-ring (bicyclic) bond motifs is 1. The number of benzene rings is 2. The topological polar surface area (TPSA) is 52.4 Å². The Labute approximate surface area is 120 Å². The highest BCUT2D eigenvalue weighted by atomic mass is 35.5. The van der Waals surface area contributed by atoms with Gasteiger partial charge in [0.05, 0.1) is 17.7 Å². The number of carbonyl (C=O) groups excluding carboxylic acids is 1. The molecule has 0 radical (unpaired) electrons. The molecule has 0 atom stereocenters. The van der Waals surface area contributed by atoms with Crippen LogP contribution in [0.15, 0.2) is 42.5 Å². The highest BCUT2D eigenvalue weighted by Gasteiger charge is 2.38. The van der Waals surface area contributed by atoms with Crippen LogP contribution in [0.5, 0.6) is 5.75 Å². The van der Waals surface area contributed by atoms with E-state index < -0.39 is 0 Å². The summed E-state index contributed by atoms with van der Waals surface area (Å²) in [5.41, 5.74) is 1.10. The van der Waals surface area contributed by atoms with Crippen LogP contribution in [-0.4, -0.2) is 23.3 Å². The third-order valence-corrected chi connectivity index (χ3v) is 3.51. The third-order valence-electron chi connectivity index (χ3n) is 3.20. The van der Waals surface area contributed by atoms with Gasteiger partial charge in [-0.3, -0.25) is 4.79 Å². The van der Waals surface area contributed by atoms with E-state index in [1.807, 2.05) is 0 Å². The molecule has 1 aliphatic heterocycles. The number of hydrogen-bond acceptors (Lipinski definition) is 3. The van der Waals surface area contributed by atoms with E-state index in [4.69, 9.17) is 16.3 Å². The largest absolute Gasteiger partial charge is 0.618 e. The minimum absolute atomic E-state index is 0.0620. The zero-order chi connectivity index (χ0) is 14.3. The second-order valence-electron chi connectivity index (χ2n) is 4.34. The van der Waals surface area contributed by atoms with E-state index in [9.17, 15) is 10.0 Å². The molecule has 2 aromatic rings. The molecule has 0 saturated carbocycles. The van der Waals surface area contributed by atoms with Gasteiger partial charge in [-0.2, -0.15) is 4.74 Å². The molecule has 0 fully saturated rings. The zero-order valence-electron chi connectivity index (χ0n) is 10.6. The normalized spacial score (nSPS) is 13.6. The van der Waals surface area contributed by atoms with E-state index in [-0.39, 0.29) is 27.8 Å². The van der Waals surface area contributed by atoms with Gasteiger partial charge in [0.25, 0.3) is 11.5 Å². The fourth-order valence-corrected chi connectivity index (χ4v) is 2.51. The summed E-state index contributed by atoms with van der Waals surface area (Å²) in [5, 5.41) is 12.6. The van der Waals surface area contributed by atoms with E-state index >= 15 is 0 Å². The Morgan fingerprint density at radius 3 is 2.65 bits per heavy atom. The van der Waals surface area contributed by atoms with Gasteiger partial charge in [0.15, 0.2) is 0 Å². The molecule has 20 heavy (non-hydrogen) atoms.